The number of esters is 1. The number of anilines is 2. The lowest BCUT2D eigenvalue weighted by atomic mass is 10.1. The summed E-state index contributed by atoms with van der Waals surface area (Å²) in [7, 11) is 1.32. The van der Waals surface area contributed by atoms with Crippen LogP contribution in [0, 0.1) is 0 Å². The molecule has 0 saturated heterocycles. The number of benzene rings is 1. The zero-order chi connectivity index (χ0) is 16.5. The zero-order valence-corrected chi connectivity index (χ0v) is 12.8. The van der Waals surface area contributed by atoms with Crippen LogP contribution in [0.5, 0.6) is 0 Å². The van der Waals surface area contributed by atoms with Gasteiger partial charge in [-0.15, -0.1) is 0 Å². The second-order valence-electron chi connectivity index (χ2n) is 5.20. The number of hydrogen-bond acceptors (Lipinski definition) is 6. The molecule has 3 aromatic heterocycles. The molecule has 0 aliphatic heterocycles. The molecule has 0 amide bonds. The summed E-state index contributed by atoms with van der Waals surface area (Å²) in [6.07, 6.45) is 6.71. The number of ether oxygens (including phenoxy) is 1. The van der Waals surface area contributed by atoms with Crippen molar-refractivity contribution in [2.24, 2.45) is 0 Å². The number of fused-ring (bicyclic) bond motifs is 2. The van der Waals surface area contributed by atoms with Gasteiger partial charge >= 0.3 is 5.97 Å². The lowest BCUT2D eigenvalue weighted by Gasteiger charge is -2.09. The summed E-state index contributed by atoms with van der Waals surface area (Å²) >= 11 is 0. The molecule has 6 nitrogen and oxygen atoms in total. The molecule has 4 aromatic rings. The van der Waals surface area contributed by atoms with Crippen LogP contribution in [0.2, 0.25) is 0 Å². The topological polar surface area (TPSA) is 77.2 Å². The number of furan rings is 1. The number of carbonyl (C=O) groups excluding carboxylic acids is 1. The molecule has 0 fully saturated rings. The van der Waals surface area contributed by atoms with Crippen LogP contribution in [0.15, 0.2) is 59.5 Å². The first-order valence-corrected chi connectivity index (χ1v) is 7.32. The van der Waals surface area contributed by atoms with Crippen molar-refractivity contribution in [3.8, 4) is 0 Å². The molecule has 3 heterocycles. The molecule has 0 atom stereocenters. The monoisotopic (exact) mass is 319 g/mol. The van der Waals surface area contributed by atoms with Gasteiger partial charge in [0, 0.05) is 28.6 Å². The lowest BCUT2D eigenvalue weighted by Crippen LogP contribution is -2.03. The minimum absolute atomic E-state index is 0.105. The Balaban J connectivity index is 1.91. The van der Waals surface area contributed by atoms with E-state index in [1.54, 1.807) is 30.9 Å². The quantitative estimate of drug-likeness (QED) is 0.577. The Morgan fingerprint density at radius 2 is 1.96 bits per heavy atom. The number of hydrogen-bond donors (Lipinski definition) is 1. The van der Waals surface area contributed by atoms with Crippen LogP contribution >= 0.6 is 0 Å². The Hall–Kier alpha value is -3.41. The highest BCUT2D eigenvalue weighted by Gasteiger charge is 2.22. The standard InChI is InChI=1S/C18H13N3O3/c1-23-18(22)17-16(13-6-7-19-10-15(13)24-17)21-14-9-20-8-11-4-2-3-5-12(11)14/h2-10,21H,1H3. The highest BCUT2D eigenvalue weighted by Crippen LogP contribution is 2.35. The van der Waals surface area contributed by atoms with Gasteiger partial charge in [0.2, 0.25) is 5.76 Å². The molecule has 0 aliphatic rings. The van der Waals surface area contributed by atoms with Crippen molar-refractivity contribution >= 4 is 39.1 Å². The Kier molecular flexibility index (Phi) is 3.35. The van der Waals surface area contributed by atoms with E-state index in [1.165, 1.54) is 7.11 Å². The predicted octanol–water partition coefficient (Wildman–Crippen LogP) is 3.91. The lowest BCUT2D eigenvalue weighted by molar-refractivity contribution is 0.0569. The Labute approximate surface area is 137 Å². The highest BCUT2D eigenvalue weighted by atomic mass is 16.5. The maximum absolute atomic E-state index is 12.1. The van der Waals surface area contributed by atoms with Gasteiger partial charge in [0.25, 0.3) is 0 Å². The summed E-state index contributed by atoms with van der Waals surface area (Å²) in [5.74, 6) is -0.449. The average Bonchev–Trinajstić information content (AvgIpc) is 3.00. The molecule has 0 unspecified atom stereocenters. The molecule has 0 bridgehead atoms. The fraction of sp³-hybridized carbons (Fsp3) is 0.0556. The number of nitrogens with zero attached hydrogens (tertiary/aromatic N) is 2. The van der Waals surface area contributed by atoms with E-state index in [0.717, 1.165) is 21.8 Å². The molecular weight excluding hydrogens is 306 g/mol. The summed E-state index contributed by atoms with van der Waals surface area (Å²) in [5.41, 5.74) is 1.82. The number of aromatic nitrogens is 2. The fourth-order valence-corrected chi connectivity index (χ4v) is 2.66. The highest BCUT2D eigenvalue weighted by molar-refractivity contribution is 6.07. The Morgan fingerprint density at radius 1 is 1.08 bits per heavy atom. The average molecular weight is 319 g/mol. The molecular formula is C18H13N3O3. The molecule has 6 heteroatoms. The van der Waals surface area contributed by atoms with Crippen molar-refractivity contribution in [3.63, 3.8) is 0 Å². The van der Waals surface area contributed by atoms with Crippen LogP contribution in [-0.2, 0) is 4.74 Å². The third-order valence-electron chi connectivity index (χ3n) is 3.79. The Bertz CT molecular complexity index is 1050. The first kappa shape index (κ1) is 14.2. The second kappa shape index (κ2) is 5.66. The van der Waals surface area contributed by atoms with Crippen molar-refractivity contribution in [2.45, 2.75) is 0 Å². The predicted molar refractivity (Wildman–Crippen MR) is 90.4 cm³/mol. The van der Waals surface area contributed by atoms with Crippen molar-refractivity contribution in [2.75, 3.05) is 12.4 Å². The molecule has 0 aliphatic carbocycles. The fourth-order valence-electron chi connectivity index (χ4n) is 2.66. The van der Waals surface area contributed by atoms with Gasteiger partial charge in [-0.3, -0.25) is 9.97 Å². The molecule has 24 heavy (non-hydrogen) atoms. The second-order valence-corrected chi connectivity index (χ2v) is 5.20. The van der Waals surface area contributed by atoms with E-state index < -0.39 is 5.97 Å². The van der Waals surface area contributed by atoms with Crippen LogP contribution in [0.25, 0.3) is 21.7 Å². The summed E-state index contributed by atoms with van der Waals surface area (Å²) < 4.78 is 10.4. The van der Waals surface area contributed by atoms with E-state index in [9.17, 15) is 4.79 Å². The first-order valence-electron chi connectivity index (χ1n) is 7.32. The van der Waals surface area contributed by atoms with Gasteiger partial charge in [-0.25, -0.2) is 4.79 Å². The van der Waals surface area contributed by atoms with Crippen molar-refractivity contribution in [1.82, 2.24) is 9.97 Å². The molecule has 0 radical (unpaired) electrons. The van der Waals surface area contributed by atoms with Gasteiger partial charge in [0.15, 0.2) is 5.58 Å². The van der Waals surface area contributed by atoms with Crippen LogP contribution in [0.1, 0.15) is 10.6 Å². The van der Waals surface area contributed by atoms with Gasteiger partial charge < -0.3 is 14.5 Å². The van der Waals surface area contributed by atoms with Crippen LogP contribution in [0.3, 0.4) is 0 Å². The van der Waals surface area contributed by atoms with E-state index in [0.29, 0.717) is 11.3 Å². The number of methoxy groups -OCH3 is 1. The van der Waals surface area contributed by atoms with Gasteiger partial charge in [0.05, 0.1) is 25.2 Å². The maximum Gasteiger partial charge on any atom is 0.376 e. The van der Waals surface area contributed by atoms with Crippen LogP contribution < -0.4 is 5.32 Å². The van der Waals surface area contributed by atoms with Crippen molar-refractivity contribution < 1.29 is 13.9 Å². The smallest absolute Gasteiger partial charge is 0.376 e. The third-order valence-corrected chi connectivity index (χ3v) is 3.79. The molecule has 0 saturated carbocycles. The number of carbonyl (C=O) groups is 1. The van der Waals surface area contributed by atoms with E-state index in [2.05, 4.69) is 15.3 Å². The summed E-state index contributed by atoms with van der Waals surface area (Å²) in [6, 6.07) is 9.65. The molecule has 118 valence electrons. The largest absolute Gasteiger partial charge is 0.463 e. The van der Waals surface area contributed by atoms with E-state index in [4.69, 9.17) is 9.15 Å². The molecule has 4 rings (SSSR count). The number of nitrogens with one attached hydrogen (secondary N) is 1. The SMILES string of the molecule is COC(=O)c1oc2cnccc2c1Nc1cncc2ccccc12. The minimum atomic E-state index is -0.554. The third kappa shape index (κ3) is 2.25. The summed E-state index contributed by atoms with van der Waals surface area (Å²) in [4.78, 5) is 20.3. The van der Waals surface area contributed by atoms with Gasteiger partial charge in [-0.1, -0.05) is 24.3 Å². The van der Waals surface area contributed by atoms with Crippen LogP contribution in [0.4, 0.5) is 11.4 Å². The molecule has 1 N–H and O–H groups in total. The maximum atomic E-state index is 12.1. The normalized spacial score (nSPS) is 10.9. The van der Waals surface area contributed by atoms with Crippen molar-refractivity contribution in [1.29, 1.82) is 0 Å². The zero-order valence-electron chi connectivity index (χ0n) is 12.8. The van der Waals surface area contributed by atoms with Crippen molar-refractivity contribution in [3.05, 3.63) is 60.9 Å². The van der Waals surface area contributed by atoms with Crippen LogP contribution in [-0.4, -0.2) is 23.0 Å². The number of rotatable bonds is 3. The minimum Gasteiger partial charge on any atom is -0.463 e. The van der Waals surface area contributed by atoms with Gasteiger partial charge in [-0.05, 0) is 6.07 Å². The van der Waals surface area contributed by atoms with Gasteiger partial charge in [0.1, 0.15) is 5.69 Å². The number of pyridine rings is 2. The summed E-state index contributed by atoms with van der Waals surface area (Å²) in [5, 5.41) is 6.01. The van der Waals surface area contributed by atoms with Gasteiger partial charge in [-0.2, -0.15) is 0 Å². The van der Waals surface area contributed by atoms with E-state index in [-0.39, 0.29) is 5.76 Å². The summed E-state index contributed by atoms with van der Waals surface area (Å²) in [6.45, 7) is 0. The van der Waals surface area contributed by atoms with E-state index in [1.807, 2.05) is 24.3 Å². The first-order chi connectivity index (χ1) is 11.8. The Morgan fingerprint density at radius 3 is 2.83 bits per heavy atom. The molecule has 1 aromatic carbocycles. The molecule has 0 spiro atoms. The van der Waals surface area contributed by atoms with E-state index >= 15 is 0 Å².